The predicted octanol–water partition coefficient (Wildman–Crippen LogP) is 3.56. The summed E-state index contributed by atoms with van der Waals surface area (Å²) >= 11 is 0. The minimum atomic E-state index is -0.959. The maximum atomic E-state index is 14.2. The Morgan fingerprint density at radius 1 is 1.00 bits per heavy atom. The number of aromatic nitrogens is 4. The minimum absolute atomic E-state index is 0.160. The van der Waals surface area contributed by atoms with Gasteiger partial charge in [0, 0.05) is 26.2 Å². The lowest BCUT2D eigenvalue weighted by Crippen LogP contribution is -2.27. The molecule has 10 heteroatoms. The van der Waals surface area contributed by atoms with Gasteiger partial charge >= 0.3 is 0 Å². The molecule has 174 valence electrons. The normalized spacial score (nSPS) is 13.6. The summed E-state index contributed by atoms with van der Waals surface area (Å²) in [6.07, 6.45) is 2.08. The van der Waals surface area contributed by atoms with Crippen molar-refractivity contribution in [1.82, 2.24) is 19.3 Å². The molecule has 1 fully saturated rings. The average molecular weight is 464 g/mol. The molecular weight excluding hydrogens is 442 g/mol. The number of anilines is 2. The lowest BCUT2D eigenvalue weighted by molar-refractivity contribution is 0.102. The fourth-order valence-corrected chi connectivity index (χ4v) is 4.29. The van der Waals surface area contributed by atoms with Crippen LogP contribution in [0.2, 0.25) is 0 Å². The maximum absolute atomic E-state index is 14.2. The predicted molar refractivity (Wildman–Crippen MR) is 125 cm³/mol. The molecule has 34 heavy (non-hydrogen) atoms. The van der Waals surface area contributed by atoms with Crippen LogP contribution in [0.5, 0.6) is 0 Å². The zero-order chi connectivity index (χ0) is 24.0. The van der Waals surface area contributed by atoms with Crippen LogP contribution in [0.4, 0.5) is 20.2 Å². The second-order valence-corrected chi connectivity index (χ2v) is 8.23. The molecule has 0 saturated carbocycles. The van der Waals surface area contributed by atoms with Gasteiger partial charge in [-0.25, -0.2) is 13.8 Å². The number of rotatable bonds is 4. The first-order chi connectivity index (χ1) is 16.3. The molecule has 0 bridgehead atoms. The van der Waals surface area contributed by atoms with E-state index in [1.54, 1.807) is 0 Å². The third-order valence-electron chi connectivity index (χ3n) is 6.10. The Balaban J connectivity index is 1.56. The van der Waals surface area contributed by atoms with Crippen LogP contribution >= 0.6 is 0 Å². The Labute approximate surface area is 193 Å². The van der Waals surface area contributed by atoms with E-state index in [9.17, 15) is 18.4 Å². The number of fused-ring (bicyclic) bond motifs is 1. The van der Waals surface area contributed by atoms with E-state index in [1.807, 2.05) is 30.7 Å². The van der Waals surface area contributed by atoms with Crippen molar-refractivity contribution in [1.29, 1.82) is 0 Å². The zero-order valence-corrected chi connectivity index (χ0v) is 18.7. The van der Waals surface area contributed by atoms with Gasteiger partial charge in [0.2, 0.25) is 0 Å². The molecule has 0 radical (unpaired) electrons. The number of halogens is 2. The lowest BCUT2D eigenvalue weighted by Gasteiger charge is -2.22. The third kappa shape index (κ3) is 3.60. The Morgan fingerprint density at radius 2 is 1.71 bits per heavy atom. The molecule has 1 aliphatic heterocycles. The maximum Gasteiger partial charge on any atom is 0.276 e. The second kappa shape index (κ2) is 8.36. The van der Waals surface area contributed by atoms with E-state index in [0.29, 0.717) is 10.4 Å². The van der Waals surface area contributed by atoms with E-state index >= 15 is 0 Å². The first kappa shape index (κ1) is 21.7. The molecule has 0 spiro atoms. The van der Waals surface area contributed by atoms with Crippen LogP contribution in [-0.4, -0.2) is 38.3 Å². The highest BCUT2D eigenvalue weighted by Gasteiger charge is 2.24. The second-order valence-electron chi connectivity index (χ2n) is 8.23. The first-order valence-electron chi connectivity index (χ1n) is 10.9. The number of carbonyl (C=O) groups excluding carboxylic acids is 1. The van der Waals surface area contributed by atoms with Crippen molar-refractivity contribution in [2.24, 2.45) is 7.05 Å². The fourth-order valence-electron chi connectivity index (χ4n) is 4.29. The van der Waals surface area contributed by atoms with Gasteiger partial charge in [0.05, 0.1) is 16.9 Å². The number of nitrogens with one attached hydrogen (secondary N) is 1. The highest BCUT2D eigenvalue weighted by molar-refractivity contribution is 6.08. The molecule has 5 rings (SSSR count). The molecular formula is C24H22F2N6O2. The van der Waals surface area contributed by atoms with Crippen LogP contribution in [-0.2, 0) is 7.05 Å². The third-order valence-corrected chi connectivity index (χ3v) is 6.10. The van der Waals surface area contributed by atoms with Crippen LogP contribution in [0, 0.1) is 18.6 Å². The number of para-hydroxylation sites is 1. The number of hydrogen-bond donors (Lipinski definition) is 1. The zero-order valence-electron chi connectivity index (χ0n) is 18.7. The highest BCUT2D eigenvalue weighted by Crippen LogP contribution is 2.36. The number of imidazole rings is 1. The molecule has 1 amide bonds. The number of benzene rings is 2. The first-order valence-corrected chi connectivity index (χ1v) is 10.9. The Kier molecular flexibility index (Phi) is 5.35. The monoisotopic (exact) mass is 464 g/mol. The molecule has 3 heterocycles. The molecule has 4 aromatic rings. The minimum Gasteiger partial charge on any atom is -0.368 e. The molecule has 0 unspecified atom stereocenters. The van der Waals surface area contributed by atoms with Gasteiger partial charge in [0.1, 0.15) is 22.7 Å². The van der Waals surface area contributed by atoms with Gasteiger partial charge in [0.15, 0.2) is 11.6 Å². The summed E-state index contributed by atoms with van der Waals surface area (Å²) in [5.41, 5.74) is 1.54. The van der Waals surface area contributed by atoms with Crippen molar-refractivity contribution < 1.29 is 13.6 Å². The summed E-state index contributed by atoms with van der Waals surface area (Å²) in [5.74, 6) is -1.68. The Hall–Kier alpha value is -4.08. The van der Waals surface area contributed by atoms with Crippen molar-refractivity contribution in [2.75, 3.05) is 23.3 Å². The summed E-state index contributed by atoms with van der Waals surface area (Å²) < 4.78 is 31.0. The molecule has 8 nitrogen and oxygen atoms in total. The Bertz CT molecular complexity index is 1470. The van der Waals surface area contributed by atoms with Crippen LogP contribution < -0.4 is 15.8 Å². The van der Waals surface area contributed by atoms with E-state index in [1.165, 1.54) is 12.1 Å². The van der Waals surface area contributed by atoms with Crippen LogP contribution in [0.25, 0.3) is 16.7 Å². The molecule has 1 saturated heterocycles. The summed E-state index contributed by atoms with van der Waals surface area (Å²) in [4.78, 5) is 32.3. The topological polar surface area (TPSA) is 85.1 Å². The molecule has 2 aromatic heterocycles. The van der Waals surface area contributed by atoms with E-state index in [-0.39, 0.29) is 5.69 Å². The molecule has 1 N–H and O–H groups in total. The van der Waals surface area contributed by atoms with Crippen molar-refractivity contribution in [2.45, 2.75) is 19.8 Å². The van der Waals surface area contributed by atoms with E-state index in [2.05, 4.69) is 15.3 Å². The van der Waals surface area contributed by atoms with Crippen molar-refractivity contribution >= 4 is 28.3 Å². The smallest absolute Gasteiger partial charge is 0.276 e. The van der Waals surface area contributed by atoms with Gasteiger partial charge < -0.3 is 14.8 Å². The standard InChI is InChI=1S/C24H22F2N6O2/c1-14-27-21-19(30(14)2)10-8-17(23(21)31-12-3-4-13-31)28-24(34)18-9-11-20(33)32(29-18)22-15(25)6-5-7-16(22)26/h5-11H,3-4,12-13H2,1-2H3,(H,28,34). The van der Waals surface area contributed by atoms with Gasteiger partial charge in [-0.3, -0.25) is 9.59 Å². The summed E-state index contributed by atoms with van der Waals surface area (Å²) in [5, 5.41) is 6.80. The summed E-state index contributed by atoms with van der Waals surface area (Å²) in [6.45, 7) is 3.60. The van der Waals surface area contributed by atoms with E-state index < -0.39 is 28.8 Å². The number of nitrogens with zero attached hydrogens (tertiary/aromatic N) is 5. The van der Waals surface area contributed by atoms with Gasteiger partial charge in [0.25, 0.3) is 11.5 Å². The quantitative estimate of drug-likeness (QED) is 0.499. The Morgan fingerprint density at radius 3 is 2.41 bits per heavy atom. The SMILES string of the molecule is Cc1nc2c(N3CCCC3)c(NC(=O)c3ccc(=O)n(-c4c(F)cccc4F)n3)ccc2n1C. The van der Waals surface area contributed by atoms with E-state index in [0.717, 1.165) is 66.7 Å². The molecule has 1 aliphatic rings. The van der Waals surface area contributed by atoms with Crippen molar-refractivity contribution in [3.05, 3.63) is 76.0 Å². The van der Waals surface area contributed by atoms with Gasteiger partial charge in [-0.05, 0) is 50.1 Å². The van der Waals surface area contributed by atoms with Crippen LogP contribution in [0.1, 0.15) is 29.2 Å². The van der Waals surface area contributed by atoms with Crippen molar-refractivity contribution in [3.63, 3.8) is 0 Å². The number of aryl methyl sites for hydroxylation is 2. The lowest BCUT2D eigenvalue weighted by atomic mass is 10.2. The van der Waals surface area contributed by atoms with Gasteiger partial charge in [-0.2, -0.15) is 9.78 Å². The fraction of sp³-hybridized carbons (Fsp3) is 0.250. The van der Waals surface area contributed by atoms with Crippen molar-refractivity contribution in [3.8, 4) is 5.69 Å². The molecule has 0 atom stereocenters. The summed E-state index contributed by atoms with van der Waals surface area (Å²) in [7, 11) is 1.94. The highest BCUT2D eigenvalue weighted by atomic mass is 19.1. The summed E-state index contributed by atoms with van der Waals surface area (Å²) in [6, 6.07) is 9.20. The van der Waals surface area contributed by atoms with Gasteiger partial charge in [-0.1, -0.05) is 6.07 Å². The van der Waals surface area contributed by atoms with Crippen LogP contribution in [0.3, 0.4) is 0 Å². The van der Waals surface area contributed by atoms with E-state index in [4.69, 9.17) is 4.98 Å². The number of amides is 1. The molecule has 2 aromatic carbocycles. The largest absolute Gasteiger partial charge is 0.368 e. The average Bonchev–Trinajstić information content (AvgIpc) is 3.43. The number of hydrogen-bond acceptors (Lipinski definition) is 5. The molecule has 0 aliphatic carbocycles. The van der Waals surface area contributed by atoms with Crippen LogP contribution in [0.15, 0.2) is 47.3 Å². The number of carbonyl (C=O) groups is 1. The van der Waals surface area contributed by atoms with Gasteiger partial charge in [-0.15, -0.1) is 0 Å².